The third-order valence-electron chi connectivity index (χ3n) is 2.74. The van der Waals surface area contributed by atoms with Gasteiger partial charge in [-0.1, -0.05) is 43.0 Å². The summed E-state index contributed by atoms with van der Waals surface area (Å²) >= 11 is 6.36. The fourth-order valence-corrected chi connectivity index (χ4v) is 3.06. The number of rotatable bonds is 2. The van der Waals surface area contributed by atoms with E-state index in [2.05, 4.69) is 11.4 Å². The predicted molar refractivity (Wildman–Crippen MR) is 71.7 cm³/mol. The number of carbonyl (C=O) groups is 1. The first-order chi connectivity index (χ1) is 8.11. The van der Waals surface area contributed by atoms with Crippen molar-refractivity contribution in [1.82, 2.24) is 5.32 Å². The molecule has 2 unspecified atom stereocenters. The first kappa shape index (κ1) is 12.1. The molecule has 2 rings (SSSR count). The number of nitrogens with one attached hydrogen (secondary N) is 1. The van der Waals surface area contributed by atoms with Crippen LogP contribution in [0.5, 0.6) is 0 Å². The zero-order valence-electron chi connectivity index (χ0n) is 9.14. The van der Waals surface area contributed by atoms with Crippen LogP contribution < -0.4 is 5.32 Å². The molecule has 0 bridgehead atoms. The molecule has 0 saturated carbocycles. The predicted octanol–water partition coefficient (Wildman–Crippen LogP) is 2.18. The van der Waals surface area contributed by atoms with Crippen LogP contribution in [0.2, 0.25) is 0 Å². The van der Waals surface area contributed by atoms with E-state index in [0.717, 1.165) is 5.56 Å². The maximum Gasteiger partial charge on any atom is 0.239 e. The largest absolute Gasteiger partial charge is 0.311 e. The lowest BCUT2D eigenvalue weighted by molar-refractivity contribution is -0.119. The Morgan fingerprint density at radius 2 is 2.12 bits per heavy atom. The highest BCUT2D eigenvalue weighted by Crippen LogP contribution is 2.32. The number of nitriles is 1. The summed E-state index contributed by atoms with van der Waals surface area (Å²) in [6, 6.07) is 9.38. The molecule has 1 amide bonds. The van der Waals surface area contributed by atoms with Crippen LogP contribution in [-0.4, -0.2) is 15.5 Å². The van der Waals surface area contributed by atoms with Gasteiger partial charge in [0, 0.05) is 5.92 Å². The van der Waals surface area contributed by atoms with E-state index in [1.165, 1.54) is 11.8 Å². The fourth-order valence-electron chi connectivity index (χ4n) is 1.74. The summed E-state index contributed by atoms with van der Waals surface area (Å²) in [6.45, 7) is 1.99. The molecule has 0 radical (unpaired) electrons. The van der Waals surface area contributed by atoms with Gasteiger partial charge < -0.3 is 5.32 Å². The van der Waals surface area contributed by atoms with Gasteiger partial charge in [0.25, 0.3) is 0 Å². The second-order valence-corrected chi connectivity index (χ2v) is 5.66. The number of thioether (sulfide) groups is 1. The van der Waals surface area contributed by atoms with Gasteiger partial charge in [-0.2, -0.15) is 5.26 Å². The van der Waals surface area contributed by atoms with Crippen LogP contribution >= 0.6 is 24.0 Å². The number of benzene rings is 1. The summed E-state index contributed by atoms with van der Waals surface area (Å²) in [6.07, 6.45) is 0. The molecule has 0 aromatic heterocycles. The van der Waals surface area contributed by atoms with Crippen molar-refractivity contribution in [3.05, 3.63) is 35.4 Å². The van der Waals surface area contributed by atoms with E-state index in [0.29, 0.717) is 9.88 Å². The Morgan fingerprint density at radius 3 is 2.59 bits per heavy atom. The molecule has 5 heteroatoms. The lowest BCUT2D eigenvalue weighted by Crippen LogP contribution is -2.27. The summed E-state index contributed by atoms with van der Waals surface area (Å²) in [4.78, 5) is 11.7. The Labute approximate surface area is 109 Å². The van der Waals surface area contributed by atoms with Crippen molar-refractivity contribution >= 4 is 34.2 Å². The topological polar surface area (TPSA) is 52.9 Å². The molecular formula is C12H10N2OS2. The van der Waals surface area contributed by atoms with Gasteiger partial charge in [0.2, 0.25) is 5.91 Å². The third-order valence-corrected chi connectivity index (χ3v) is 4.32. The quantitative estimate of drug-likeness (QED) is 0.830. The van der Waals surface area contributed by atoms with Crippen LogP contribution in [-0.2, 0) is 4.79 Å². The molecule has 1 aliphatic heterocycles. The van der Waals surface area contributed by atoms with E-state index in [1.807, 2.05) is 19.1 Å². The standard InChI is InChI=1S/C12H10N2OS2/c1-7(10-11(15)14-12(16)17-10)9-4-2-8(6-13)3-5-9/h2-5,7,10H,1H3,(H,14,15,16). The maximum atomic E-state index is 11.7. The minimum absolute atomic E-state index is 0.0307. The van der Waals surface area contributed by atoms with E-state index in [9.17, 15) is 4.79 Å². The lowest BCUT2D eigenvalue weighted by atomic mass is 9.96. The highest BCUT2D eigenvalue weighted by molar-refractivity contribution is 8.24. The molecule has 3 nitrogen and oxygen atoms in total. The number of carbonyl (C=O) groups excluding carboxylic acids is 1. The first-order valence-electron chi connectivity index (χ1n) is 5.13. The second-order valence-electron chi connectivity index (χ2n) is 3.84. The summed E-state index contributed by atoms with van der Waals surface area (Å²) in [7, 11) is 0. The van der Waals surface area contributed by atoms with Crippen molar-refractivity contribution in [3.8, 4) is 6.07 Å². The molecule has 1 saturated heterocycles. The van der Waals surface area contributed by atoms with Crippen molar-refractivity contribution < 1.29 is 4.79 Å². The van der Waals surface area contributed by atoms with Crippen molar-refractivity contribution in [2.75, 3.05) is 0 Å². The Kier molecular flexibility index (Phi) is 3.46. The number of amides is 1. The molecule has 1 aromatic rings. The van der Waals surface area contributed by atoms with Gasteiger partial charge in [0.15, 0.2) is 0 Å². The lowest BCUT2D eigenvalue weighted by Gasteiger charge is -2.15. The van der Waals surface area contributed by atoms with Crippen molar-refractivity contribution in [3.63, 3.8) is 0 Å². The second kappa shape index (κ2) is 4.86. The highest BCUT2D eigenvalue weighted by Gasteiger charge is 2.34. The average molecular weight is 262 g/mol. The Morgan fingerprint density at radius 1 is 1.47 bits per heavy atom. The van der Waals surface area contributed by atoms with Gasteiger partial charge in [0.1, 0.15) is 4.32 Å². The smallest absolute Gasteiger partial charge is 0.239 e. The minimum atomic E-state index is -0.171. The normalized spacial score (nSPS) is 20.8. The van der Waals surface area contributed by atoms with Crippen molar-refractivity contribution in [2.45, 2.75) is 18.1 Å². The van der Waals surface area contributed by atoms with Crippen LogP contribution in [0.1, 0.15) is 24.0 Å². The monoisotopic (exact) mass is 262 g/mol. The SMILES string of the molecule is CC(c1ccc(C#N)cc1)C1SC(=S)NC1=O. The van der Waals surface area contributed by atoms with Crippen molar-refractivity contribution in [2.24, 2.45) is 0 Å². The van der Waals surface area contributed by atoms with Crippen LogP contribution in [0.3, 0.4) is 0 Å². The van der Waals surface area contributed by atoms with Crippen LogP contribution in [0.4, 0.5) is 0 Å². The third kappa shape index (κ3) is 2.48. The molecule has 1 aliphatic rings. The molecule has 1 N–H and O–H groups in total. The molecule has 1 heterocycles. The molecule has 0 aliphatic carbocycles. The molecule has 1 fully saturated rings. The molecule has 86 valence electrons. The Hall–Kier alpha value is -1.38. The van der Waals surface area contributed by atoms with Crippen LogP contribution in [0, 0.1) is 11.3 Å². The zero-order chi connectivity index (χ0) is 12.4. The van der Waals surface area contributed by atoms with Crippen molar-refractivity contribution in [1.29, 1.82) is 5.26 Å². The van der Waals surface area contributed by atoms with Gasteiger partial charge >= 0.3 is 0 Å². The van der Waals surface area contributed by atoms with Gasteiger partial charge in [0.05, 0.1) is 16.9 Å². The fraction of sp³-hybridized carbons (Fsp3) is 0.250. The van der Waals surface area contributed by atoms with E-state index >= 15 is 0 Å². The van der Waals surface area contributed by atoms with E-state index in [1.54, 1.807) is 12.1 Å². The molecule has 17 heavy (non-hydrogen) atoms. The minimum Gasteiger partial charge on any atom is -0.311 e. The summed E-state index contributed by atoms with van der Waals surface area (Å²) < 4.78 is 0.542. The summed E-state index contributed by atoms with van der Waals surface area (Å²) in [5.74, 6) is 0.0463. The first-order valence-corrected chi connectivity index (χ1v) is 6.42. The summed E-state index contributed by atoms with van der Waals surface area (Å²) in [5.41, 5.74) is 1.67. The Balaban J connectivity index is 2.19. The number of thiocarbonyl (C=S) groups is 1. The van der Waals surface area contributed by atoms with Gasteiger partial charge in [-0.3, -0.25) is 4.79 Å². The van der Waals surface area contributed by atoms with Gasteiger partial charge in [-0.15, -0.1) is 0 Å². The van der Waals surface area contributed by atoms with Gasteiger partial charge in [-0.25, -0.2) is 0 Å². The Bertz CT molecular complexity index is 504. The van der Waals surface area contributed by atoms with Gasteiger partial charge in [-0.05, 0) is 17.7 Å². The van der Waals surface area contributed by atoms with E-state index in [4.69, 9.17) is 17.5 Å². The molecule has 1 aromatic carbocycles. The molecular weight excluding hydrogens is 252 g/mol. The van der Waals surface area contributed by atoms with Crippen LogP contribution in [0.25, 0.3) is 0 Å². The van der Waals surface area contributed by atoms with Crippen LogP contribution in [0.15, 0.2) is 24.3 Å². The highest BCUT2D eigenvalue weighted by atomic mass is 32.2. The maximum absolute atomic E-state index is 11.7. The van der Waals surface area contributed by atoms with E-state index in [-0.39, 0.29) is 17.1 Å². The number of hydrogen-bond donors (Lipinski definition) is 1. The summed E-state index contributed by atoms with van der Waals surface area (Å²) in [5, 5.41) is 11.2. The number of nitrogens with zero attached hydrogens (tertiary/aromatic N) is 1. The zero-order valence-corrected chi connectivity index (χ0v) is 10.8. The average Bonchev–Trinajstić information content (AvgIpc) is 2.68. The number of hydrogen-bond acceptors (Lipinski definition) is 4. The van der Waals surface area contributed by atoms with E-state index < -0.39 is 0 Å². The molecule has 2 atom stereocenters. The molecule has 0 spiro atoms.